The number of carbonyl (C=O) groups is 1. The fourth-order valence-corrected chi connectivity index (χ4v) is 2.36. The van der Waals surface area contributed by atoms with Crippen LogP contribution in [0.2, 0.25) is 0 Å². The Labute approximate surface area is 104 Å². The zero-order chi connectivity index (χ0) is 12.7. The lowest BCUT2D eigenvalue weighted by atomic mass is 10.0. The molecule has 1 fully saturated rings. The maximum Gasteiger partial charge on any atom is 0.220 e. The van der Waals surface area contributed by atoms with Crippen LogP contribution < -0.4 is 10.6 Å². The van der Waals surface area contributed by atoms with Gasteiger partial charge < -0.3 is 15.7 Å². The van der Waals surface area contributed by atoms with Crippen molar-refractivity contribution in [1.29, 1.82) is 0 Å². The molecule has 0 aromatic rings. The third kappa shape index (κ3) is 5.50. The van der Waals surface area contributed by atoms with Crippen LogP contribution >= 0.6 is 0 Å². The number of aliphatic hydroxyl groups excluding tert-OH is 1. The van der Waals surface area contributed by atoms with Crippen molar-refractivity contribution in [2.45, 2.75) is 58.0 Å². The van der Waals surface area contributed by atoms with Crippen LogP contribution in [0.5, 0.6) is 0 Å². The summed E-state index contributed by atoms with van der Waals surface area (Å²) in [7, 11) is 0. The molecule has 1 rings (SSSR count). The van der Waals surface area contributed by atoms with Crippen LogP contribution in [-0.4, -0.2) is 36.2 Å². The smallest absolute Gasteiger partial charge is 0.220 e. The van der Waals surface area contributed by atoms with Crippen molar-refractivity contribution < 1.29 is 9.90 Å². The summed E-state index contributed by atoms with van der Waals surface area (Å²) in [6.45, 7) is 5.29. The van der Waals surface area contributed by atoms with Gasteiger partial charge in [-0.1, -0.05) is 20.3 Å². The highest BCUT2D eigenvalue weighted by Gasteiger charge is 2.27. The highest BCUT2D eigenvalue weighted by Crippen LogP contribution is 2.24. The molecular formula is C13H26N2O2. The van der Waals surface area contributed by atoms with Gasteiger partial charge >= 0.3 is 0 Å². The van der Waals surface area contributed by atoms with Crippen molar-refractivity contribution in [3.05, 3.63) is 0 Å². The minimum absolute atomic E-state index is 0.126. The highest BCUT2D eigenvalue weighted by molar-refractivity contribution is 5.76. The van der Waals surface area contributed by atoms with Gasteiger partial charge in [-0.3, -0.25) is 4.79 Å². The van der Waals surface area contributed by atoms with Crippen LogP contribution in [-0.2, 0) is 4.79 Å². The van der Waals surface area contributed by atoms with E-state index in [1.165, 1.54) is 0 Å². The molecule has 0 spiro atoms. The molecule has 0 aromatic heterocycles. The Balaban J connectivity index is 2.12. The largest absolute Gasteiger partial charge is 0.396 e. The van der Waals surface area contributed by atoms with Crippen molar-refractivity contribution in [2.75, 3.05) is 13.2 Å². The Morgan fingerprint density at radius 1 is 1.41 bits per heavy atom. The fourth-order valence-electron chi connectivity index (χ4n) is 2.36. The molecule has 100 valence electrons. The average molecular weight is 242 g/mol. The minimum atomic E-state index is 0.126. The van der Waals surface area contributed by atoms with Gasteiger partial charge in [0.05, 0.1) is 0 Å². The molecule has 0 saturated heterocycles. The van der Waals surface area contributed by atoms with Crippen LogP contribution in [0.1, 0.15) is 46.0 Å². The van der Waals surface area contributed by atoms with E-state index in [0.717, 1.165) is 32.2 Å². The van der Waals surface area contributed by atoms with E-state index in [1.807, 2.05) is 0 Å². The van der Waals surface area contributed by atoms with E-state index in [-0.39, 0.29) is 24.5 Å². The van der Waals surface area contributed by atoms with Crippen molar-refractivity contribution >= 4 is 5.91 Å². The normalized spacial score (nSPS) is 24.2. The average Bonchev–Trinajstić information content (AvgIpc) is 2.71. The van der Waals surface area contributed by atoms with Gasteiger partial charge in [0, 0.05) is 31.0 Å². The summed E-state index contributed by atoms with van der Waals surface area (Å²) < 4.78 is 0. The van der Waals surface area contributed by atoms with E-state index < -0.39 is 0 Å². The molecule has 4 heteroatoms. The van der Waals surface area contributed by atoms with Gasteiger partial charge in [-0.2, -0.15) is 0 Å². The molecule has 4 nitrogen and oxygen atoms in total. The Bertz CT molecular complexity index is 231. The standard InChI is InChI=1S/C13H26N2O2/c1-10(2)14-8-4-7-13(17)15-12-6-3-5-11(12)9-16/h10-12,14,16H,3-9H2,1-2H3,(H,15,17). The summed E-state index contributed by atoms with van der Waals surface area (Å²) in [5, 5.41) is 15.5. The van der Waals surface area contributed by atoms with E-state index in [2.05, 4.69) is 24.5 Å². The maximum atomic E-state index is 11.7. The number of aliphatic hydroxyl groups is 1. The molecule has 17 heavy (non-hydrogen) atoms. The molecule has 0 bridgehead atoms. The first-order valence-corrected chi connectivity index (χ1v) is 6.77. The first-order chi connectivity index (χ1) is 8.13. The van der Waals surface area contributed by atoms with Gasteiger partial charge in [-0.25, -0.2) is 0 Å². The summed E-state index contributed by atoms with van der Waals surface area (Å²) in [6, 6.07) is 0.678. The molecular weight excluding hydrogens is 216 g/mol. The topological polar surface area (TPSA) is 61.4 Å². The van der Waals surface area contributed by atoms with Crippen LogP contribution in [0.25, 0.3) is 0 Å². The molecule has 2 atom stereocenters. The summed E-state index contributed by atoms with van der Waals surface area (Å²) in [4.78, 5) is 11.7. The number of hydrogen-bond acceptors (Lipinski definition) is 3. The number of carbonyl (C=O) groups excluding carboxylic acids is 1. The second-order valence-corrected chi connectivity index (χ2v) is 5.26. The fraction of sp³-hybridized carbons (Fsp3) is 0.923. The van der Waals surface area contributed by atoms with Crippen LogP contribution in [0.15, 0.2) is 0 Å². The summed E-state index contributed by atoms with van der Waals surface area (Å²) in [6.07, 6.45) is 4.62. The van der Waals surface area contributed by atoms with E-state index in [9.17, 15) is 4.79 Å². The first kappa shape index (κ1) is 14.5. The molecule has 1 aliphatic carbocycles. The molecule has 0 radical (unpaired) electrons. The van der Waals surface area contributed by atoms with Crippen molar-refractivity contribution in [2.24, 2.45) is 5.92 Å². The molecule has 1 aliphatic rings. The predicted octanol–water partition coefficient (Wildman–Crippen LogP) is 1.04. The quantitative estimate of drug-likeness (QED) is 0.585. The Morgan fingerprint density at radius 2 is 2.18 bits per heavy atom. The van der Waals surface area contributed by atoms with E-state index in [1.54, 1.807) is 0 Å². The number of rotatable bonds is 7. The molecule has 0 aromatic carbocycles. The highest BCUT2D eigenvalue weighted by atomic mass is 16.3. The molecule has 1 saturated carbocycles. The van der Waals surface area contributed by atoms with Crippen molar-refractivity contribution in [3.8, 4) is 0 Å². The van der Waals surface area contributed by atoms with Gasteiger partial charge in [0.25, 0.3) is 0 Å². The van der Waals surface area contributed by atoms with Gasteiger partial charge in [0.1, 0.15) is 0 Å². The second-order valence-electron chi connectivity index (χ2n) is 5.26. The third-order valence-corrected chi connectivity index (χ3v) is 3.37. The van der Waals surface area contributed by atoms with Gasteiger partial charge in [0.2, 0.25) is 5.91 Å². The van der Waals surface area contributed by atoms with Crippen LogP contribution in [0, 0.1) is 5.92 Å². The number of nitrogens with one attached hydrogen (secondary N) is 2. The first-order valence-electron chi connectivity index (χ1n) is 6.77. The number of amides is 1. The second kappa shape index (κ2) is 7.67. The predicted molar refractivity (Wildman–Crippen MR) is 68.7 cm³/mol. The monoisotopic (exact) mass is 242 g/mol. The Kier molecular flexibility index (Phi) is 6.52. The molecule has 2 unspecified atom stereocenters. The zero-order valence-corrected chi connectivity index (χ0v) is 11.0. The summed E-state index contributed by atoms with van der Waals surface area (Å²) in [5.74, 6) is 0.397. The molecule has 3 N–H and O–H groups in total. The lowest BCUT2D eigenvalue weighted by Gasteiger charge is -2.19. The minimum Gasteiger partial charge on any atom is -0.396 e. The SMILES string of the molecule is CC(C)NCCCC(=O)NC1CCCC1CO. The Morgan fingerprint density at radius 3 is 2.82 bits per heavy atom. The van der Waals surface area contributed by atoms with E-state index >= 15 is 0 Å². The van der Waals surface area contributed by atoms with Crippen molar-refractivity contribution in [3.63, 3.8) is 0 Å². The van der Waals surface area contributed by atoms with Gasteiger partial charge in [-0.05, 0) is 25.8 Å². The molecule has 0 aliphatic heterocycles. The van der Waals surface area contributed by atoms with E-state index in [4.69, 9.17) is 5.11 Å². The lowest BCUT2D eigenvalue weighted by Crippen LogP contribution is -2.38. The van der Waals surface area contributed by atoms with Gasteiger partial charge in [0.15, 0.2) is 0 Å². The Hall–Kier alpha value is -0.610. The van der Waals surface area contributed by atoms with Crippen LogP contribution in [0.4, 0.5) is 0 Å². The van der Waals surface area contributed by atoms with E-state index in [0.29, 0.717) is 12.5 Å². The zero-order valence-electron chi connectivity index (χ0n) is 11.0. The van der Waals surface area contributed by atoms with Crippen molar-refractivity contribution in [1.82, 2.24) is 10.6 Å². The summed E-state index contributed by atoms with van der Waals surface area (Å²) >= 11 is 0. The number of hydrogen-bond donors (Lipinski definition) is 3. The molecule has 0 heterocycles. The van der Waals surface area contributed by atoms with Gasteiger partial charge in [-0.15, -0.1) is 0 Å². The molecule has 1 amide bonds. The summed E-state index contributed by atoms with van der Waals surface area (Å²) in [5.41, 5.74) is 0. The third-order valence-electron chi connectivity index (χ3n) is 3.37. The van der Waals surface area contributed by atoms with Crippen LogP contribution in [0.3, 0.4) is 0 Å². The lowest BCUT2D eigenvalue weighted by molar-refractivity contribution is -0.122. The maximum absolute atomic E-state index is 11.7.